The number of nitro benzene ring substituents is 1. The van der Waals surface area contributed by atoms with Gasteiger partial charge in [0, 0.05) is 35.0 Å². The Morgan fingerprint density at radius 2 is 1.87 bits per heavy atom. The van der Waals surface area contributed by atoms with Crippen LogP contribution in [0.1, 0.15) is 18.4 Å². The van der Waals surface area contributed by atoms with Crippen molar-refractivity contribution in [2.45, 2.75) is 22.6 Å². The Bertz CT molecular complexity index is 780. The minimum Gasteiger partial charge on any atom is -0.371 e. The number of non-ortho nitro benzene ring substituents is 1. The summed E-state index contributed by atoms with van der Waals surface area (Å²) >= 11 is 1.49. The summed E-state index contributed by atoms with van der Waals surface area (Å²) in [5.74, 6) is 0. The van der Waals surface area contributed by atoms with E-state index in [0.717, 1.165) is 28.6 Å². The third-order valence-corrected chi connectivity index (χ3v) is 4.97. The second-order valence-corrected chi connectivity index (χ2v) is 6.40. The molecule has 0 radical (unpaired) electrons. The second-order valence-electron chi connectivity index (χ2n) is 5.31. The first-order valence-corrected chi connectivity index (χ1v) is 8.21. The van der Waals surface area contributed by atoms with E-state index in [9.17, 15) is 15.4 Å². The zero-order valence-corrected chi connectivity index (χ0v) is 13.3. The number of hydrogen-bond donors (Lipinski definition) is 0. The smallest absolute Gasteiger partial charge is 0.270 e. The maximum Gasteiger partial charge on any atom is 0.270 e. The lowest BCUT2D eigenvalue weighted by molar-refractivity contribution is -0.384. The summed E-state index contributed by atoms with van der Waals surface area (Å²) in [7, 11) is 0. The molecule has 2 aromatic carbocycles. The fourth-order valence-electron chi connectivity index (χ4n) is 2.69. The number of rotatable bonds is 4. The predicted molar refractivity (Wildman–Crippen MR) is 89.8 cm³/mol. The monoisotopic (exact) mass is 325 g/mol. The average Bonchev–Trinajstić information content (AvgIpc) is 3.10. The van der Waals surface area contributed by atoms with Crippen LogP contribution in [0.3, 0.4) is 0 Å². The molecule has 0 aromatic heterocycles. The molecule has 1 fully saturated rings. The lowest BCUT2D eigenvalue weighted by Crippen LogP contribution is -2.18. The lowest BCUT2D eigenvalue weighted by atomic mass is 10.2. The molecular weight excluding hydrogens is 310 g/mol. The van der Waals surface area contributed by atoms with E-state index in [1.54, 1.807) is 6.07 Å². The topological polar surface area (TPSA) is 70.2 Å². The van der Waals surface area contributed by atoms with Gasteiger partial charge in [-0.05, 0) is 31.0 Å². The van der Waals surface area contributed by atoms with E-state index in [1.807, 2.05) is 18.2 Å². The van der Waals surface area contributed by atoms with Gasteiger partial charge < -0.3 is 4.90 Å². The van der Waals surface area contributed by atoms with E-state index in [1.165, 1.54) is 36.7 Å². The second kappa shape index (κ2) is 6.71. The van der Waals surface area contributed by atoms with Gasteiger partial charge >= 0.3 is 0 Å². The SMILES string of the molecule is N#Cc1cc([N+](=O)[O-])ccc1Sc1ccccc1N1CCCC1. The molecule has 0 saturated carbocycles. The highest BCUT2D eigenvalue weighted by atomic mass is 32.2. The summed E-state index contributed by atoms with van der Waals surface area (Å²) in [5.41, 5.74) is 1.44. The standard InChI is InChI=1S/C17H15N3O2S/c18-12-13-11-14(20(21)22)7-8-16(13)23-17-6-2-1-5-15(17)19-9-3-4-10-19/h1-2,5-8,11H,3-4,9-10H2. The Balaban J connectivity index is 1.93. The van der Waals surface area contributed by atoms with Gasteiger partial charge in [-0.2, -0.15) is 5.26 Å². The average molecular weight is 325 g/mol. The van der Waals surface area contributed by atoms with Gasteiger partial charge in [-0.1, -0.05) is 23.9 Å². The number of benzene rings is 2. The normalized spacial score (nSPS) is 13.8. The maximum absolute atomic E-state index is 10.8. The van der Waals surface area contributed by atoms with E-state index in [0.29, 0.717) is 5.56 Å². The number of nitro groups is 1. The van der Waals surface area contributed by atoms with Crippen LogP contribution in [-0.2, 0) is 0 Å². The number of hydrogen-bond acceptors (Lipinski definition) is 5. The van der Waals surface area contributed by atoms with Gasteiger partial charge in [0.15, 0.2) is 0 Å². The van der Waals surface area contributed by atoms with Gasteiger partial charge in [-0.15, -0.1) is 0 Å². The lowest BCUT2D eigenvalue weighted by Gasteiger charge is -2.21. The van der Waals surface area contributed by atoms with Crippen LogP contribution < -0.4 is 4.90 Å². The molecule has 0 amide bonds. The molecule has 1 heterocycles. The van der Waals surface area contributed by atoms with Crippen molar-refractivity contribution >= 4 is 23.1 Å². The van der Waals surface area contributed by atoms with Crippen LogP contribution in [-0.4, -0.2) is 18.0 Å². The Labute approximate surface area is 138 Å². The molecule has 0 bridgehead atoms. The van der Waals surface area contributed by atoms with Crippen LogP contribution in [0.5, 0.6) is 0 Å². The van der Waals surface area contributed by atoms with Gasteiger partial charge in [0.25, 0.3) is 5.69 Å². The van der Waals surface area contributed by atoms with E-state index >= 15 is 0 Å². The van der Waals surface area contributed by atoms with Gasteiger partial charge in [0.2, 0.25) is 0 Å². The van der Waals surface area contributed by atoms with E-state index < -0.39 is 4.92 Å². The predicted octanol–water partition coefficient (Wildman–Crippen LogP) is 4.22. The van der Waals surface area contributed by atoms with Gasteiger partial charge in [-0.25, -0.2) is 0 Å². The number of nitriles is 1. The molecular formula is C17H15N3O2S. The fourth-order valence-corrected chi connectivity index (χ4v) is 3.72. The van der Waals surface area contributed by atoms with E-state index in [2.05, 4.69) is 17.0 Å². The third-order valence-electron chi connectivity index (χ3n) is 3.83. The molecule has 1 aliphatic rings. The minimum atomic E-state index is -0.479. The molecule has 0 unspecified atom stereocenters. The quantitative estimate of drug-likeness (QED) is 0.622. The zero-order valence-electron chi connectivity index (χ0n) is 12.4. The van der Waals surface area contributed by atoms with Gasteiger partial charge in [-0.3, -0.25) is 10.1 Å². The molecule has 0 spiro atoms. The number of nitrogens with zero attached hydrogens (tertiary/aromatic N) is 3. The van der Waals surface area contributed by atoms with Crippen molar-refractivity contribution in [2.24, 2.45) is 0 Å². The molecule has 0 N–H and O–H groups in total. The van der Waals surface area contributed by atoms with Crippen LogP contribution >= 0.6 is 11.8 Å². The highest BCUT2D eigenvalue weighted by Gasteiger charge is 2.17. The van der Waals surface area contributed by atoms with Crippen molar-refractivity contribution in [3.8, 4) is 6.07 Å². The Morgan fingerprint density at radius 3 is 2.57 bits per heavy atom. The van der Waals surface area contributed by atoms with Crippen molar-refractivity contribution < 1.29 is 4.92 Å². The van der Waals surface area contributed by atoms with Crippen molar-refractivity contribution in [2.75, 3.05) is 18.0 Å². The summed E-state index contributed by atoms with van der Waals surface area (Å²) in [5, 5.41) is 20.1. The molecule has 23 heavy (non-hydrogen) atoms. The number of para-hydroxylation sites is 1. The number of anilines is 1. The van der Waals surface area contributed by atoms with Crippen molar-refractivity contribution in [3.63, 3.8) is 0 Å². The largest absolute Gasteiger partial charge is 0.371 e. The van der Waals surface area contributed by atoms with Gasteiger partial charge in [0.05, 0.1) is 16.2 Å². The maximum atomic E-state index is 10.8. The van der Waals surface area contributed by atoms with Crippen LogP contribution in [0.25, 0.3) is 0 Å². The summed E-state index contributed by atoms with van der Waals surface area (Å²) < 4.78 is 0. The minimum absolute atomic E-state index is 0.0567. The molecule has 6 heteroatoms. The van der Waals surface area contributed by atoms with Crippen molar-refractivity contribution in [3.05, 3.63) is 58.1 Å². The first kappa shape index (κ1) is 15.4. The molecule has 0 aliphatic carbocycles. The van der Waals surface area contributed by atoms with Crippen molar-refractivity contribution in [1.29, 1.82) is 5.26 Å². The Kier molecular flexibility index (Phi) is 4.49. The van der Waals surface area contributed by atoms with Crippen LogP contribution in [0.2, 0.25) is 0 Å². The summed E-state index contributed by atoms with van der Waals surface area (Å²) in [6.45, 7) is 2.09. The summed E-state index contributed by atoms with van der Waals surface area (Å²) in [6.07, 6.45) is 2.39. The third kappa shape index (κ3) is 3.30. The molecule has 1 aliphatic heterocycles. The first-order chi connectivity index (χ1) is 11.2. The Morgan fingerprint density at radius 1 is 1.13 bits per heavy atom. The van der Waals surface area contributed by atoms with Crippen LogP contribution in [0.15, 0.2) is 52.3 Å². The molecule has 0 atom stereocenters. The Hall–Kier alpha value is -2.52. The first-order valence-electron chi connectivity index (χ1n) is 7.39. The molecule has 5 nitrogen and oxygen atoms in total. The van der Waals surface area contributed by atoms with Crippen molar-refractivity contribution in [1.82, 2.24) is 0 Å². The van der Waals surface area contributed by atoms with E-state index in [4.69, 9.17) is 0 Å². The highest BCUT2D eigenvalue weighted by Crippen LogP contribution is 2.38. The molecule has 116 valence electrons. The molecule has 1 saturated heterocycles. The fraction of sp³-hybridized carbons (Fsp3) is 0.235. The zero-order chi connectivity index (χ0) is 16.2. The van der Waals surface area contributed by atoms with Crippen LogP contribution in [0.4, 0.5) is 11.4 Å². The molecule has 2 aromatic rings. The summed E-state index contributed by atoms with van der Waals surface area (Å²) in [4.78, 5) is 14.5. The highest BCUT2D eigenvalue weighted by molar-refractivity contribution is 7.99. The molecule has 3 rings (SSSR count). The van der Waals surface area contributed by atoms with E-state index in [-0.39, 0.29) is 5.69 Å². The van der Waals surface area contributed by atoms with Crippen LogP contribution in [0, 0.1) is 21.4 Å². The van der Waals surface area contributed by atoms with Gasteiger partial charge in [0.1, 0.15) is 6.07 Å². The summed E-state index contributed by atoms with van der Waals surface area (Å²) in [6, 6.07) is 14.6.